The van der Waals surface area contributed by atoms with Gasteiger partial charge in [0.15, 0.2) is 0 Å². The zero-order valence-electron chi connectivity index (χ0n) is 15.8. The number of anilines is 1. The Morgan fingerprint density at radius 1 is 1.15 bits per heavy atom. The number of aryl methyl sites for hydroxylation is 3. The van der Waals surface area contributed by atoms with Crippen LogP contribution in [0.5, 0.6) is 0 Å². The lowest BCUT2D eigenvalue weighted by Crippen LogP contribution is -2.41. The van der Waals surface area contributed by atoms with Gasteiger partial charge in [-0.15, -0.1) is 12.4 Å². The highest BCUT2D eigenvalue weighted by Crippen LogP contribution is 2.15. The average Bonchev–Trinajstić information content (AvgIpc) is 2.90. The van der Waals surface area contributed by atoms with Crippen LogP contribution in [0, 0.1) is 20.8 Å². The number of carbonyl (C=O) groups excluding carboxylic acids is 1. The average molecular weight is 397 g/mol. The van der Waals surface area contributed by atoms with E-state index >= 15 is 0 Å². The lowest BCUT2D eigenvalue weighted by atomic mass is 10.2. The molecule has 0 spiro atoms. The highest BCUT2D eigenvalue weighted by Gasteiger charge is 2.18. The standard InChI is InChI=1S/C17H24N6O3.ClH/c1-5-6-13(16(25)26)18-9-15(24)21-14-8-12(4)22-23(14)17-19-10(2)7-11(3)20-17;/h7-8,13,18H,5-6,9H2,1-4H3,(H,21,24)(H,25,26);1H. The van der Waals surface area contributed by atoms with Crippen LogP contribution in [-0.4, -0.2) is 49.3 Å². The van der Waals surface area contributed by atoms with Crippen molar-refractivity contribution in [2.75, 3.05) is 11.9 Å². The number of nitrogens with one attached hydrogen (secondary N) is 2. The van der Waals surface area contributed by atoms with E-state index in [1.807, 2.05) is 26.8 Å². The third-order valence-corrected chi connectivity index (χ3v) is 3.64. The molecule has 2 aromatic heterocycles. The maximum absolute atomic E-state index is 12.2. The summed E-state index contributed by atoms with van der Waals surface area (Å²) in [7, 11) is 0. The summed E-state index contributed by atoms with van der Waals surface area (Å²) in [6.45, 7) is 7.29. The maximum atomic E-state index is 12.2. The Kier molecular flexibility index (Phi) is 8.32. The fourth-order valence-corrected chi connectivity index (χ4v) is 2.55. The van der Waals surface area contributed by atoms with Crippen LogP contribution in [0.4, 0.5) is 5.82 Å². The van der Waals surface area contributed by atoms with E-state index in [0.717, 1.165) is 11.4 Å². The Hall–Kier alpha value is -2.52. The number of carboxylic acids is 1. The summed E-state index contributed by atoms with van der Waals surface area (Å²) in [5.41, 5.74) is 2.29. The van der Waals surface area contributed by atoms with Crippen LogP contribution in [0.25, 0.3) is 5.95 Å². The van der Waals surface area contributed by atoms with Gasteiger partial charge in [-0.2, -0.15) is 9.78 Å². The number of hydrogen-bond acceptors (Lipinski definition) is 6. The number of carboxylic acid groups (broad SMARTS) is 1. The Morgan fingerprint density at radius 2 is 1.78 bits per heavy atom. The van der Waals surface area contributed by atoms with Gasteiger partial charge in [-0.3, -0.25) is 14.9 Å². The van der Waals surface area contributed by atoms with Crippen LogP contribution in [0.3, 0.4) is 0 Å². The molecular formula is C17H25ClN6O3. The van der Waals surface area contributed by atoms with Gasteiger partial charge < -0.3 is 10.4 Å². The zero-order chi connectivity index (χ0) is 19.3. The van der Waals surface area contributed by atoms with Crippen molar-refractivity contribution in [1.82, 2.24) is 25.1 Å². The minimum Gasteiger partial charge on any atom is -0.480 e. The van der Waals surface area contributed by atoms with Crippen LogP contribution in [0.2, 0.25) is 0 Å². The highest BCUT2D eigenvalue weighted by molar-refractivity contribution is 5.92. The molecule has 1 unspecified atom stereocenters. The fourth-order valence-electron chi connectivity index (χ4n) is 2.55. The molecule has 27 heavy (non-hydrogen) atoms. The van der Waals surface area contributed by atoms with E-state index in [2.05, 4.69) is 25.7 Å². The molecule has 148 valence electrons. The minimum absolute atomic E-state index is 0. The topological polar surface area (TPSA) is 122 Å². The Balaban J connectivity index is 0.00000364. The van der Waals surface area contributed by atoms with Crippen molar-refractivity contribution in [2.45, 2.75) is 46.6 Å². The molecule has 0 bridgehead atoms. The van der Waals surface area contributed by atoms with Crippen molar-refractivity contribution in [2.24, 2.45) is 0 Å². The number of aromatic nitrogens is 4. The quantitative estimate of drug-likeness (QED) is 0.621. The molecular weight excluding hydrogens is 372 g/mol. The molecule has 10 heteroatoms. The van der Waals surface area contributed by atoms with E-state index in [1.165, 1.54) is 4.68 Å². The summed E-state index contributed by atoms with van der Waals surface area (Å²) in [5.74, 6) is -0.531. The van der Waals surface area contributed by atoms with E-state index in [4.69, 9.17) is 5.11 Å². The van der Waals surface area contributed by atoms with Gasteiger partial charge in [0, 0.05) is 17.5 Å². The van der Waals surface area contributed by atoms with Gasteiger partial charge in [0.2, 0.25) is 5.91 Å². The fraction of sp³-hybridized carbons (Fsp3) is 0.471. The van der Waals surface area contributed by atoms with Crippen molar-refractivity contribution in [3.8, 4) is 5.95 Å². The van der Waals surface area contributed by atoms with Crippen molar-refractivity contribution in [1.29, 1.82) is 0 Å². The monoisotopic (exact) mass is 396 g/mol. The predicted molar refractivity (Wildman–Crippen MR) is 104 cm³/mol. The van der Waals surface area contributed by atoms with Crippen molar-refractivity contribution < 1.29 is 14.7 Å². The molecule has 0 aliphatic heterocycles. The van der Waals surface area contributed by atoms with Crippen LogP contribution >= 0.6 is 12.4 Å². The second-order valence-corrected chi connectivity index (χ2v) is 6.14. The summed E-state index contributed by atoms with van der Waals surface area (Å²) in [4.78, 5) is 32.1. The zero-order valence-corrected chi connectivity index (χ0v) is 16.6. The van der Waals surface area contributed by atoms with E-state index in [-0.39, 0.29) is 24.9 Å². The van der Waals surface area contributed by atoms with Gasteiger partial charge in [-0.25, -0.2) is 9.97 Å². The summed E-state index contributed by atoms with van der Waals surface area (Å²) in [6, 6.07) is 2.81. The normalized spacial score (nSPS) is 11.6. The Bertz CT molecular complexity index is 788. The van der Waals surface area contributed by atoms with Gasteiger partial charge in [0.1, 0.15) is 11.9 Å². The van der Waals surface area contributed by atoms with Gasteiger partial charge in [-0.1, -0.05) is 13.3 Å². The molecule has 2 rings (SSSR count). The SMILES string of the molecule is CCCC(NCC(=O)Nc1cc(C)nn1-c1nc(C)cc(C)n1)C(=O)O.Cl. The number of halogens is 1. The molecule has 0 fully saturated rings. The van der Waals surface area contributed by atoms with E-state index in [9.17, 15) is 9.59 Å². The molecule has 0 aliphatic rings. The molecule has 0 saturated carbocycles. The van der Waals surface area contributed by atoms with Crippen molar-refractivity contribution in [3.63, 3.8) is 0 Å². The molecule has 3 N–H and O–H groups in total. The molecule has 0 radical (unpaired) electrons. The summed E-state index contributed by atoms with van der Waals surface area (Å²) in [5, 5.41) is 18.9. The van der Waals surface area contributed by atoms with Gasteiger partial charge >= 0.3 is 5.97 Å². The number of rotatable bonds is 8. The third-order valence-electron chi connectivity index (χ3n) is 3.64. The minimum atomic E-state index is -0.968. The number of carbonyl (C=O) groups is 2. The predicted octanol–water partition coefficient (Wildman–Crippen LogP) is 1.79. The lowest BCUT2D eigenvalue weighted by Gasteiger charge is -2.13. The second-order valence-electron chi connectivity index (χ2n) is 6.14. The van der Waals surface area contributed by atoms with Crippen molar-refractivity contribution >= 4 is 30.1 Å². The Labute approximate surface area is 164 Å². The van der Waals surface area contributed by atoms with E-state index < -0.39 is 12.0 Å². The van der Waals surface area contributed by atoms with Crippen LogP contribution < -0.4 is 10.6 Å². The van der Waals surface area contributed by atoms with Crippen LogP contribution in [0.15, 0.2) is 12.1 Å². The summed E-state index contributed by atoms with van der Waals surface area (Å²) in [6.07, 6.45) is 1.16. The van der Waals surface area contributed by atoms with Crippen molar-refractivity contribution in [3.05, 3.63) is 29.2 Å². The first-order valence-corrected chi connectivity index (χ1v) is 8.45. The number of aliphatic carboxylic acids is 1. The highest BCUT2D eigenvalue weighted by atomic mass is 35.5. The number of hydrogen-bond donors (Lipinski definition) is 3. The first-order chi connectivity index (χ1) is 12.3. The molecule has 2 heterocycles. The molecule has 0 aromatic carbocycles. The number of amides is 1. The molecule has 0 aliphatic carbocycles. The molecule has 9 nitrogen and oxygen atoms in total. The van der Waals surface area contributed by atoms with Gasteiger partial charge in [0.05, 0.1) is 12.2 Å². The smallest absolute Gasteiger partial charge is 0.320 e. The maximum Gasteiger partial charge on any atom is 0.320 e. The molecule has 0 saturated heterocycles. The number of nitrogens with zero attached hydrogens (tertiary/aromatic N) is 4. The van der Waals surface area contributed by atoms with Crippen LogP contribution in [-0.2, 0) is 9.59 Å². The third kappa shape index (κ3) is 6.30. The molecule has 2 aromatic rings. The van der Waals surface area contributed by atoms with Gasteiger partial charge in [0.25, 0.3) is 5.95 Å². The molecule has 1 amide bonds. The summed E-state index contributed by atoms with van der Waals surface area (Å²) < 4.78 is 1.47. The summed E-state index contributed by atoms with van der Waals surface area (Å²) >= 11 is 0. The largest absolute Gasteiger partial charge is 0.480 e. The molecule has 1 atom stereocenters. The van der Waals surface area contributed by atoms with E-state index in [0.29, 0.717) is 30.3 Å². The lowest BCUT2D eigenvalue weighted by molar-refractivity contribution is -0.139. The second kappa shape index (κ2) is 9.98. The van der Waals surface area contributed by atoms with Gasteiger partial charge in [-0.05, 0) is 33.3 Å². The van der Waals surface area contributed by atoms with Crippen LogP contribution in [0.1, 0.15) is 36.8 Å². The van der Waals surface area contributed by atoms with E-state index in [1.54, 1.807) is 13.0 Å². The first kappa shape index (κ1) is 22.5. The first-order valence-electron chi connectivity index (χ1n) is 8.45. The Morgan fingerprint density at radius 3 is 2.33 bits per heavy atom.